The lowest BCUT2D eigenvalue weighted by molar-refractivity contribution is -0.124. The number of likely N-dealkylation sites (N-methyl/N-ethyl adjacent to an activating group) is 1. The number of fused-ring (bicyclic) bond motifs is 1. The molecule has 0 unspecified atom stereocenters. The van der Waals surface area contributed by atoms with Crippen LogP contribution in [0.1, 0.15) is 35.6 Å². The molecule has 2 aromatic rings. The first-order chi connectivity index (χ1) is 12.5. The van der Waals surface area contributed by atoms with Gasteiger partial charge in [-0.05, 0) is 54.2 Å². The van der Waals surface area contributed by atoms with Crippen molar-refractivity contribution in [1.29, 1.82) is 0 Å². The van der Waals surface area contributed by atoms with Gasteiger partial charge in [0.25, 0.3) is 0 Å². The highest BCUT2D eigenvalue weighted by molar-refractivity contribution is 5.91. The molecule has 1 aliphatic heterocycles. The van der Waals surface area contributed by atoms with E-state index in [1.54, 1.807) is 12.1 Å². The Morgan fingerprint density at radius 3 is 2.69 bits per heavy atom. The smallest absolute Gasteiger partial charge is 0.230 e. The largest absolute Gasteiger partial charge is 0.387 e. The van der Waals surface area contributed by atoms with Crippen LogP contribution < -0.4 is 10.2 Å². The summed E-state index contributed by atoms with van der Waals surface area (Å²) in [5.74, 6) is -0.397. The molecule has 5 heteroatoms. The molecule has 136 valence electrons. The molecule has 2 N–H and O–H groups in total. The third-order valence-corrected chi connectivity index (χ3v) is 5.65. The van der Waals surface area contributed by atoms with E-state index in [4.69, 9.17) is 0 Å². The molecule has 26 heavy (non-hydrogen) atoms. The highest BCUT2D eigenvalue weighted by Crippen LogP contribution is 2.48. The van der Waals surface area contributed by atoms with Gasteiger partial charge in [-0.1, -0.05) is 24.3 Å². The number of hydrogen-bond acceptors (Lipinski definition) is 3. The second-order valence-corrected chi connectivity index (χ2v) is 7.37. The topological polar surface area (TPSA) is 52.6 Å². The van der Waals surface area contributed by atoms with Gasteiger partial charge in [0.15, 0.2) is 0 Å². The first kappa shape index (κ1) is 17.0. The van der Waals surface area contributed by atoms with Crippen molar-refractivity contribution in [3.05, 3.63) is 65.0 Å². The molecular formula is C21H23FN2O2. The Labute approximate surface area is 152 Å². The molecule has 1 heterocycles. The number of carbonyl (C=O) groups excluding carboxylic acids is 1. The van der Waals surface area contributed by atoms with Crippen LogP contribution in [0.15, 0.2) is 42.5 Å². The Balaban J connectivity index is 1.41. The molecule has 4 nitrogen and oxygen atoms in total. The lowest BCUT2D eigenvalue weighted by Crippen LogP contribution is -2.37. The van der Waals surface area contributed by atoms with Crippen LogP contribution in [0.25, 0.3) is 0 Å². The number of hydrogen-bond donors (Lipinski definition) is 2. The van der Waals surface area contributed by atoms with Gasteiger partial charge in [0, 0.05) is 25.8 Å². The van der Waals surface area contributed by atoms with Gasteiger partial charge >= 0.3 is 0 Å². The minimum absolute atomic E-state index is 0.0935. The third kappa shape index (κ3) is 2.97. The van der Waals surface area contributed by atoms with Gasteiger partial charge in [0.2, 0.25) is 5.91 Å². The molecule has 0 saturated heterocycles. The minimum Gasteiger partial charge on any atom is -0.387 e. The van der Waals surface area contributed by atoms with Crippen molar-refractivity contribution < 1.29 is 14.3 Å². The summed E-state index contributed by atoms with van der Waals surface area (Å²) in [6, 6.07) is 12.1. The Hall–Kier alpha value is -2.40. The number of benzene rings is 2. The van der Waals surface area contributed by atoms with E-state index in [0.29, 0.717) is 0 Å². The predicted octanol–water partition coefficient (Wildman–Crippen LogP) is 2.70. The lowest BCUT2D eigenvalue weighted by Gasteiger charge is -2.19. The van der Waals surface area contributed by atoms with Crippen LogP contribution >= 0.6 is 0 Å². The molecule has 1 saturated carbocycles. The van der Waals surface area contributed by atoms with Crippen molar-refractivity contribution in [2.45, 2.75) is 30.8 Å². The Bertz CT molecular complexity index is 830. The quantitative estimate of drug-likeness (QED) is 0.868. The standard InChI is InChI=1S/C21H23FN2O2/c1-24-11-8-14-12-15(2-7-18(14)24)19(25)13-23-20(26)21(9-10-21)16-3-5-17(22)6-4-16/h2-7,12,19,25H,8-11,13H2,1H3,(H,23,26)/t19-/m1/s1. The molecule has 0 spiro atoms. The number of carbonyl (C=O) groups is 1. The minimum atomic E-state index is -0.737. The number of halogens is 1. The molecule has 2 aromatic carbocycles. The van der Waals surface area contributed by atoms with E-state index in [1.165, 1.54) is 23.4 Å². The van der Waals surface area contributed by atoms with Crippen LogP contribution in [0.4, 0.5) is 10.1 Å². The van der Waals surface area contributed by atoms with Crippen molar-refractivity contribution in [3.8, 4) is 0 Å². The SMILES string of the molecule is CN1CCc2cc([C@H](O)CNC(=O)C3(c4ccc(F)cc4)CC3)ccc21. The van der Waals surface area contributed by atoms with E-state index in [1.807, 2.05) is 18.2 Å². The highest BCUT2D eigenvalue weighted by Gasteiger charge is 2.51. The summed E-state index contributed by atoms with van der Waals surface area (Å²) < 4.78 is 13.1. The maximum absolute atomic E-state index is 13.1. The summed E-state index contributed by atoms with van der Waals surface area (Å²) in [6.45, 7) is 1.17. The number of rotatable bonds is 5. The summed E-state index contributed by atoms with van der Waals surface area (Å²) in [5, 5.41) is 13.4. The molecule has 4 rings (SSSR count). The summed E-state index contributed by atoms with van der Waals surface area (Å²) in [7, 11) is 2.06. The molecule has 1 amide bonds. The maximum Gasteiger partial charge on any atom is 0.230 e. The highest BCUT2D eigenvalue weighted by atomic mass is 19.1. The van der Waals surface area contributed by atoms with E-state index in [9.17, 15) is 14.3 Å². The third-order valence-electron chi connectivity index (χ3n) is 5.65. The van der Waals surface area contributed by atoms with Crippen molar-refractivity contribution in [2.24, 2.45) is 0 Å². The first-order valence-electron chi connectivity index (χ1n) is 9.06. The molecule has 0 bridgehead atoms. The fraction of sp³-hybridized carbons (Fsp3) is 0.381. The average Bonchev–Trinajstić information content (AvgIpc) is 3.38. The number of nitrogens with one attached hydrogen (secondary N) is 1. The van der Waals surface area contributed by atoms with Crippen LogP contribution in [-0.4, -0.2) is 31.2 Å². The van der Waals surface area contributed by atoms with Crippen LogP contribution in [0, 0.1) is 5.82 Å². The van der Waals surface area contributed by atoms with Crippen LogP contribution in [0.5, 0.6) is 0 Å². The monoisotopic (exact) mass is 354 g/mol. The predicted molar refractivity (Wildman–Crippen MR) is 98.7 cm³/mol. The van der Waals surface area contributed by atoms with Gasteiger partial charge in [-0.3, -0.25) is 4.79 Å². The van der Waals surface area contributed by atoms with Gasteiger partial charge < -0.3 is 15.3 Å². The Morgan fingerprint density at radius 2 is 2.00 bits per heavy atom. The Kier molecular flexibility index (Phi) is 4.19. The molecular weight excluding hydrogens is 331 g/mol. The van der Waals surface area contributed by atoms with Crippen LogP contribution in [-0.2, 0) is 16.6 Å². The van der Waals surface area contributed by atoms with E-state index in [-0.39, 0.29) is 18.3 Å². The normalized spacial score (nSPS) is 18.3. The molecule has 1 fully saturated rings. The van der Waals surface area contributed by atoms with Gasteiger partial charge in [-0.25, -0.2) is 4.39 Å². The fourth-order valence-electron chi connectivity index (χ4n) is 3.81. The van der Waals surface area contributed by atoms with Gasteiger partial charge in [0.05, 0.1) is 11.5 Å². The zero-order chi connectivity index (χ0) is 18.3. The number of amides is 1. The van der Waals surface area contributed by atoms with Crippen molar-refractivity contribution >= 4 is 11.6 Å². The van der Waals surface area contributed by atoms with Crippen molar-refractivity contribution in [2.75, 3.05) is 25.0 Å². The number of aliphatic hydroxyl groups excluding tert-OH is 1. The summed E-state index contributed by atoms with van der Waals surface area (Å²) in [5.41, 5.74) is 3.55. The number of anilines is 1. The van der Waals surface area contributed by atoms with Crippen molar-refractivity contribution in [3.63, 3.8) is 0 Å². The fourth-order valence-corrected chi connectivity index (χ4v) is 3.81. The van der Waals surface area contributed by atoms with E-state index >= 15 is 0 Å². The Morgan fingerprint density at radius 1 is 1.27 bits per heavy atom. The molecule has 1 aliphatic carbocycles. The first-order valence-corrected chi connectivity index (χ1v) is 9.06. The van der Waals surface area contributed by atoms with E-state index in [2.05, 4.69) is 17.3 Å². The molecule has 2 aliphatic rings. The summed E-state index contributed by atoms with van der Waals surface area (Å²) in [6.07, 6.45) is 1.75. The number of aliphatic hydroxyl groups is 1. The molecule has 1 atom stereocenters. The van der Waals surface area contributed by atoms with Crippen LogP contribution in [0.3, 0.4) is 0 Å². The maximum atomic E-state index is 13.1. The summed E-state index contributed by atoms with van der Waals surface area (Å²) >= 11 is 0. The lowest BCUT2D eigenvalue weighted by atomic mass is 9.94. The second-order valence-electron chi connectivity index (χ2n) is 7.37. The van der Waals surface area contributed by atoms with Crippen molar-refractivity contribution in [1.82, 2.24) is 5.32 Å². The summed E-state index contributed by atoms with van der Waals surface area (Å²) in [4.78, 5) is 14.9. The zero-order valence-corrected chi connectivity index (χ0v) is 14.8. The van der Waals surface area contributed by atoms with Gasteiger partial charge in [-0.2, -0.15) is 0 Å². The number of nitrogens with zero attached hydrogens (tertiary/aromatic N) is 1. The van der Waals surface area contributed by atoms with E-state index in [0.717, 1.165) is 36.9 Å². The molecule has 0 radical (unpaired) electrons. The van der Waals surface area contributed by atoms with Crippen LogP contribution in [0.2, 0.25) is 0 Å². The average molecular weight is 354 g/mol. The van der Waals surface area contributed by atoms with Gasteiger partial charge in [0.1, 0.15) is 5.82 Å². The van der Waals surface area contributed by atoms with E-state index < -0.39 is 11.5 Å². The molecule has 0 aromatic heterocycles. The zero-order valence-electron chi connectivity index (χ0n) is 14.8. The van der Waals surface area contributed by atoms with Gasteiger partial charge in [-0.15, -0.1) is 0 Å². The second kappa shape index (κ2) is 6.40.